The average Bonchev–Trinajstić information content (AvgIpc) is 3.06. The van der Waals surface area contributed by atoms with E-state index in [9.17, 15) is 0 Å². The highest BCUT2D eigenvalue weighted by atomic mass is 16.5. The van der Waals surface area contributed by atoms with Crippen molar-refractivity contribution in [3.05, 3.63) is 35.9 Å². The van der Waals surface area contributed by atoms with Crippen LogP contribution >= 0.6 is 0 Å². The number of likely N-dealkylation sites (tertiary alicyclic amines) is 1. The largest absolute Gasteiger partial charge is 0.496 e. The Kier molecular flexibility index (Phi) is 5.59. The van der Waals surface area contributed by atoms with Gasteiger partial charge < -0.3 is 14.2 Å². The summed E-state index contributed by atoms with van der Waals surface area (Å²) in [5.41, 5.74) is 1.28. The van der Waals surface area contributed by atoms with Crippen molar-refractivity contribution in [3.63, 3.8) is 0 Å². The standard InChI is InChI=1S/C20H27NO3/c1-4-24-14-16-7-6-12-21(16)13-15-10-11-18(22-2)17-8-5-9-19(23-3)20(15)17/h5,8-11,16H,4,6-7,12-14H2,1-3H3. The summed E-state index contributed by atoms with van der Waals surface area (Å²) in [5.74, 6) is 1.79. The Morgan fingerprint density at radius 2 is 1.92 bits per heavy atom. The molecule has 130 valence electrons. The van der Waals surface area contributed by atoms with Crippen molar-refractivity contribution in [2.24, 2.45) is 0 Å². The second-order valence-corrected chi connectivity index (χ2v) is 6.24. The molecule has 0 spiro atoms. The van der Waals surface area contributed by atoms with Gasteiger partial charge in [0.25, 0.3) is 0 Å². The molecular weight excluding hydrogens is 302 g/mol. The summed E-state index contributed by atoms with van der Waals surface area (Å²) in [7, 11) is 3.44. The summed E-state index contributed by atoms with van der Waals surface area (Å²) in [6, 6.07) is 10.9. The van der Waals surface area contributed by atoms with Gasteiger partial charge >= 0.3 is 0 Å². The number of hydrogen-bond acceptors (Lipinski definition) is 4. The summed E-state index contributed by atoms with van der Waals surface area (Å²) < 4.78 is 16.8. The van der Waals surface area contributed by atoms with Gasteiger partial charge in [-0.25, -0.2) is 0 Å². The number of ether oxygens (including phenoxy) is 3. The fourth-order valence-electron chi connectivity index (χ4n) is 3.66. The monoisotopic (exact) mass is 329 g/mol. The van der Waals surface area contributed by atoms with Crippen LogP contribution in [0.15, 0.2) is 30.3 Å². The maximum absolute atomic E-state index is 5.67. The molecule has 4 heteroatoms. The minimum Gasteiger partial charge on any atom is -0.496 e. The summed E-state index contributed by atoms with van der Waals surface area (Å²) in [4.78, 5) is 2.53. The van der Waals surface area contributed by atoms with Gasteiger partial charge in [0.15, 0.2) is 0 Å². The lowest BCUT2D eigenvalue weighted by Gasteiger charge is -2.25. The lowest BCUT2D eigenvalue weighted by Crippen LogP contribution is -2.32. The average molecular weight is 329 g/mol. The van der Waals surface area contributed by atoms with Crippen LogP contribution < -0.4 is 9.47 Å². The molecule has 2 aromatic carbocycles. The lowest BCUT2D eigenvalue weighted by molar-refractivity contribution is 0.0825. The third-order valence-corrected chi connectivity index (χ3v) is 4.88. The van der Waals surface area contributed by atoms with Crippen molar-refractivity contribution >= 4 is 10.8 Å². The molecule has 1 aliphatic heterocycles. The lowest BCUT2D eigenvalue weighted by atomic mass is 10.0. The second kappa shape index (κ2) is 7.86. The van der Waals surface area contributed by atoms with E-state index >= 15 is 0 Å². The van der Waals surface area contributed by atoms with Gasteiger partial charge in [-0.3, -0.25) is 4.90 Å². The van der Waals surface area contributed by atoms with Crippen molar-refractivity contribution in [1.29, 1.82) is 0 Å². The minimum absolute atomic E-state index is 0.511. The van der Waals surface area contributed by atoms with Gasteiger partial charge in [0.05, 0.1) is 20.8 Å². The van der Waals surface area contributed by atoms with Crippen molar-refractivity contribution < 1.29 is 14.2 Å². The maximum atomic E-state index is 5.67. The SMILES string of the molecule is CCOCC1CCCN1Cc1ccc(OC)c2cccc(OC)c12. The summed E-state index contributed by atoms with van der Waals surface area (Å²) in [6.07, 6.45) is 2.45. The zero-order valence-electron chi connectivity index (χ0n) is 14.9. The zero-order valence-corrected chi connectivity index (χ0v) is 14.9. The highest BCUT2D eigenvalue weighted by Gasteiger charge is 2.25. The highest BCUT2D eigenvalue weighted by molar-refractivity contribution is 5.95. The van der Waals surface area contributed by atoms with E-state index in [0.29, 0.717) is 6.04 Å². The molecule has 1 aliphatic rings. The van der Waals surface area contributed by atoms with Crippen LogP contribution in [0.5, 0.6) is 11.5 Å². The third kappa shape index (κ3) is 3.35. The number of hydrogen-bond donors (Lipinski definition) is 0. The van der Waals surface area contributed by atoms with E-state index in [1.807, 2.05) is 12.1 Å². The van der Waals surface area contributed by atoms with Crippen LogP contribution in [0.25, 0.3) is 10.8 Å². The first kappa shape index (κ1) is 17.1. The van der Waals surface area contributed by atoms with Crippen LogP contribution in [0.4, 0.5) is 0 Å². The van der Waals surface area contributed by atoms with Crippen molar-refractivity contribution in [3.8, 4) is 11.5 Å². The molecule has 0 N–H and O–H groups in total. The van der Waals surface area contributed by atoms with Gasteiger partial charge in [-0.05, 0) is 44.0 Å². The van der Waals surface area contributed by atoms with Crippen LogP contribution in [0.1, 0.15) is 25.3 Å². The van der Waals surface area contributed by atoms with E-state index in [1.54, 1.807) is 14.2 Å². The topological polar surface area (TPSA) is 30.9 Å². The van der Waals surface area contributed by atoms with Gasteiger partial charge in [-0.15, -0.1) is 0 Å². The molecule has 2 aromatic rings. The molecule has 0 bridgehead atoms. The Bertz CT molecular complexity index is 686. The molecule has 1 saturated heterocycles. The smallest absolute Gasteiger partial charge is 0.127 e. The van der Waals surface area contributed by atoms with Crippen molar-refractivity contribution in [1.82, 2.24) is 4.90 Å². The molecular formula is C20H27NO3. The van der Waals surface area contributed by atoms with Gasteiger partial charge in [0.1, 0.15) is 11.5 Å². The Morgan fingerprint density at radius 3 is 2.67 bits per heavy atom. The molecule has 1 unspecified atom stereocenters. The van der Waals surface area contributed by atoms with E-state index in [1.165, 1.54) is 18.4 Å². The van der Waals surface area contributed by atoms with Gasteiger partial charge in [0.2, 0.25) is 0 Å². The summed E-state index contributed by atoms with van der Waals surface area (Å²) in [5, 5.41) is 2.26. The first-order chi connectivity index (χ1) is 11.8. The normalized spacial score (nSPS) is 18.2. The number of fused-ring (bicyclic) bond motifs is 1. The Balaban J connectivity index is 1.94. The van der Waals surface area contributed by atoms with Gasteiger partial charge in [-0.1, -0.05) is 18.2 Å². The minimum atomic E-state index is 0.511. The summed E-state index contributed by atoms with van der Waals surface area (Å²) >= 11 is 0. The van der Waals surface area contributed by atoms with E-state index in [2.05, 4.69) is 30.0 Å². The second-order valence-electron chi connectivity index (χ2n) is 6.24. The highest BCUT2D eigenvalue weighted by Crippen LogP contribution is 2.36. The Labute approximate surface area is 144 Å². The van der Waals surface area contributed by atoms with Crippen LogP contribution in [0.3, 0.4) is 0 Å². The van der Waals surface area contributed by atoms with E-state index in [0.717, 1.165) is 48.6 Å². The van der Waals surface area contributed by atoms with E-state index in [-0.39, 0.29) is 0 Å². The molecule has 0 aromatic heterocycles. The third-order valence-electron chi connectivity index (χ3n) is 4.88. The molecule has 0 saturated carbocycles. The van der Waals surface area contributed by atoms with Crippen molar-refractivity contribution in [2.75, 3.05) is 34.0 Å². The predicted molar refractivity (Wildman–Crippen MR) is 97.0 cm³/mol. The zero-order chi connectivity index (χ0) is 16.9. The first-order valence-electron chi connectivity index (χ1n) is 8.72. The van der Waals surface area contributed by atoms with Crippen LogP contribution in [0, 0.1) is 0 Å². The molecule has 3 rings (SSSR count). The number of methoxy groups -OCH3 is 2. The molecule has 1 heterocycles. The molecule has 4 nitrogen and oxygen atoms in total. The fraction of sp³-hybridized carbons (Fsp3) is 0.500. The number of rotatable bonds is 7. The molecule has 0 radical (unpaired) electrons. The van der Waals surface area contributed by atoms with Crippen LogP contribution in [0.2, 0.25) is 0 Å². The number of benzene rings is 2. The molecule has 24 heavy (non-hydrogen) atoms. The van der Waals surface area contributed by atoms with Gasteiger partial charge in [0, 0.05) is 30.0 Å². The number of nitrogens with zero attached hydrogens (tertiary/aromatic N) is 1. The molecule has 0 aliphatic carbocycles. The maximum Gasteiger partial charge on any atom is 0.127 e. The molecule has 0 amide bonds. The summed E-state index contributed by atoms with van der Waals surface area (Å²) in [6.45, 7) is 5.70. The van der Waals surface area contributed by atoms with E-state index < -0.39 is 0 Å². The molecule has 1 fully saturated rings. The van der Waals surface area contributed by atoms with Crippen LogP contribution in [-0.4, -0.2) is 44.9 Å². The van der Waals surface area contributed by atoms with Gasteiger partial charge in [-0.2, -0.15) is 0 Å². The van der Waals surface area contributed by atoms with Crippen LogP contribution in [-0.2, 0) is 11.3 Å². The quantitative estimate of drug-likeness (QED) is 0.772. The predicted octanol–water partition coefficient (Wildman–Crippen LogP) is 3.86. The van der Waals surface area contributed by atoms with Crippen molar-refractivity contribution in [2.45, 2.75) is 32.4 Å². The molecule has 1 atom stereocenters. The Hall–Kier alpha value is -1.78. The van der Waals surface area contributed by atoms with E-state index in [4.69, 9.17) is 14.2 Å². The Morgan fingerprint density at radius 1 is 1.08 bits per heavy atom. The first-order valence-corrected chi connectivity index (χ1v) is 8.72. The fourth-order valence-corrected chi connectivity index (χ4v) is 3.66.